The van der Waals surface area contributed by atoms with Crippen LogP contribution < -0.4 is 0 Å². The van der Waals surface area contributed by atoms with Gasteiger partial charge in [-0.15, -0.1) is 0 Å². The van der Waals surface area contributed by atoms with Crippen molar-refractivity contribution in [1.29, 1.82) is 0 Å². The molecular weight excluding hydrogens is 198 g/mol. The van der Waals surface area contributed by atoms with Gasteiger partial charge in [0.1, 0.15) is 0 Å². The highest BCUT2D eigenvalue weighted by Gasteiger charge is 2.15. The summed E-state index contributed by atoms with van der Waals surface area (Å²) in [5.74, 6) is 0. The van der Waals surface area contributed by atoms with E-state index in [1.165, 1.54) is 0 Å². The fourth-order valence-electron chi connectivity index (χ4n) is 1.80. The van der Waals surface area contributed by atoms with Gasteiger partial charge in [-0.25, -0.2) is 4.99 Å². The third-order valence-corrected chi connectivity index (χ3v) is 2.65. The Morgan fingerprint density at radius 1 is 1.12 bits per heavy atom. The Morgan fingerprint density at radius 3 is 2.81 bits per heavy atom. The molecule has 3 heteroatoms. The SMILES string of the molecule is CN1C=C/C(=C2/C=Nc3ccccc32)N=C1. The number of fused-ring (bicyclic) bond motifs is 1. The van der Waals surface area contributed by atoms with Gasteiger partial charge in [-0.3, -0.25) is 4.99 Å². The molecule has 0 amide bonds. The van der Waals surface area contributed by atoms with Crippen molar-refractivity contribution >= 4 is 23.8 Å². The predicted molar refractivity (Wildman–Crippen MR) is 66.9 cm³/mol. The van der Waals surface area contributed by atoms with Gasteiger partial charge < -0.3 is 4.90 Å². The molecule has 1 aromatic rings. The van der Waals surface area contributed by atoms with Gasteiger partial charge in [0.25, 0.3) is 0 Å². The fourth-order valence-corrected chi connectivity index (χ4v) is 1.80. The van der Waals surface area contributed by atoms with Gasteiger partial charge >= 0.3 is 0 Å². The summed E-state index contributed by atoms with van der Waals surface area (Å²) in [7, 11) is 1.96. The van der Waals surface area contributed by atoms with Gasteiger partial charge in [-0.2, -0.15) is 0 Å². The molecule has 3 rings (SSSR count). The molecule has 3 nitrogen and oxygen atoms in total. The molecular formula is C13H11N3. The molecule has 0 radical (unpaired) electrons. The molecule has 0 saturated carbocycles. The summed E-state index contributed by atoms with van der Waals surface area (Å²) in [4.78, 5) is 10.7. The van der Waals surface area contributed by atoms with Crippen LogP contribution in [-0.2, 0) is 0 Å². The number of rotatable bonds is 0. The molecule has 0 N–H and O–H groups in total. The Balaban J connectivity index is 2.11. The summed E-state index contributed by atoms with van der Waals surface area (Å²) >= 11 is 0. The van der Waals surface area contributed by atoms with Crippen LogP contribution in [0.5, 0.6) is 0 Å². The Hall–Kier alpha value is -2.16. The van der Waals surface area contributed by atoms with Crippen LogP contribution in [0.25, 0.3) is 5.57 Å². The molecule has 0 fully saturated rings. The highest BCUT2D eigenvalue weighted by Crippen LogP contribution is 2.33. The van der Waals surface area contributed by atoms with Crippen LogP contribution in [0.2, 0.25) is 0 Å². The van der Waals surface area contributed by atoms with Gasteiger partial charge in [0.15, 0.2) is 0 Å². The Kier molecular flexibility index (Phi) is 1.96. The number of benzene rings is 1. The largest absolute Gasteiger partial charge is 0.342 e. The van der Waals surface area contributed by atoms with Gasteiger partial charge in [-0.05, 0) is 12.1 Å². The molecule has 0 saturated heterocycles. The molecule has 0 aromatic heterocycles. The molecule has 1 aromatic carbocycles. The molecule has 0 bridgehead atoms. The Labute approximate surface area is 94.1 Å². The highest BCUT2D eigenvalue weighted by molar-refractivity contribution is 6.18. The predicted octanol–water partition coefficient (Wildman–Crippen LogP) is 2.60. The summed E-state index contributed by atoms with van der Waals surface area (Å²) in [6.07, 6.45) is 7.68. The first-order valence-corrected chi connectivity index (χ1v) is 5.17. The van der Waals surface area contributed by atoms with Gasteiger partial charge in [0, 0.05) is 30.6 Å². The summed E-state index contributed by atoms with van der Waals surface area (Å²) in [6, 6.07) is 8.11. The number of hydrogen-bond acceptors (Lipinski definition) is 3. The summed E-state index contributed by atoms with van der Waals surface area (Å²) < 4.78 is 0. The number of aliphatic imine (C=N–C) groups is 2. The zero-order valence-corrected chi connectivity index (χ0v) is 8.96. The molecule has 2 aliphatic heterocycles. The topological polar surface area (TPSA) is 28.0 Å². The standard InChI is InChI=1S/C13H11N3/c1-16-7-6-13(15-9-16)11-8-14-12-5-3-2-4-10(11)12/h2-9H,1H3/b13-11+. The summed E-state index contributed by atoms with van der Waals surface area (Å²) in [5, 5.41) is 0. The summed E-state index contributed by atoms with van der Waals surface area (Å²) in [5.41, 5.74) is 4.24. The van der Waals surface area contributed by atoms with E-state index in [2.05, 4.69) is 16.1 Å². The molecule has 0 spiro atoms. The van der Waals surface area contributed by atoms with Crippen molar-refractivity contribution < 1.29 is 0 Å². The van der Waals surface area contributed by atoms with E-state index in [1.807, 2.05) is 48.6 Å². The minimum absolute atomic E-state index is 0.965. The lowest BCUT2D eigenvalue weighted by Gasteiger charge is -2.12. The number of nitrogens with zero attached hydrogens (tertiary/aromatic N) is 3. The molecule has 16 heavy (non-hydrogen) atoms. The molecule has 0 unspecified atom stereocenters. The first-order valence-electron chi connectivity index (χ1n) is 5.17. The normalized spacial score (nSPS) is 21.7. The number of para-hydroxylation sites is 1. The van der Waals surface area contributed by atoms with E-state index in [0.29, 0.717) is 0 Å². The van der Waals surface area contributed by atoms with Gasteiger partial charge in [0.05, 0.1) is 17.7 Å². The molecule has 78 valence electrons. The number of allylic oxidation sites excluding steroid dienone is 2. The summed E-state index contributed by atoms with van der Waals surface area (Å²) in [6.45, 7) is 0. The third kappa shape index (κ3) is 1.37. The minimum atomic E-state index is 0.965. The second-order valence-corrected chi connectivity index (χ2v) is 3.80. The molecule has 2 aliphatic rings. The zero-order valence-electron chi connectivity index (χ0n) is 8.96. The second kappa shape index (κ2) is 3.45. The van der Waals surface area contributed by atoms with Gasteiger partial charge in [0.2, 0.25) is 0 Å². The lowest BCUT2D eigenvalue weighted by Crippen LogP contribution is -2.10. The van der Waals surface area contributed by atoms with E-state index in [4.69, 9.17) is 0 Å². The van der Waals surface area contributed by atoms with Crippen molar-refractivity contribution in [3.63, 3.8) is 0 Å². The maximum absolute atomic E-state index is 4.39. The zero-order chi connectivity index (χ0) is 11.0. The van der Waals surface area contributed by atoms with Crippen LogP contribution in [-0.4, -0.2) is 24.5 Å². The van der Waals surface area contributed by atoms with Crippen molar-refractivity contribution in [3.8, 4) is 0 Å². The Morgan fingerprint density at radius 2 is 2.00 bits per heavy atom. The van der Waals surface area contributed by atoms with E-state index in [-0.39, 0.29) is 0 Å². The average molecular weight is 209 g/mol. The lowest BCUT2D eigenvalue weighted by molar-refractivity contribution is 0.701. The molecule has 2 heterocycles. The van der Waals surface area contributed by atoms with Crippen LogP contribution in [0.1, 0.15) is 5.56 Å². The first kappa shape index (κ1) is 9.09. The molecule has 0 aliphatic carbocycles. The van der Waals surface area contributed by atoms with Crippen LogP contribution >= 0.6 is 0 Å². The quantitative estimate of drug-likeness (QED) is 0.645. The lowest BCUT2D eigenvalue weighted by atomic mass is 10.1. The van der Waals surface area contributed by atoms with Crippen LogP contribution in [0, 0.1) is 0 Å². The van der Waals surface area contributed by atoms with E-state index < -0.39 is 0 Å². The smallest absolute Gasteiger partial charge is 0.0949 e. The Bertz CT molecular complexity index is 534. The highest BCUT2D eigenvalue weighted by atomic mass is 15.1. The third-order valence-electron chi connectivity index (χ3n) is 2.65. The molecule has 0 atom stereocenters. The first-order chi connectivity index (χ1) is 7.84. The second-order valence-electron chi connectivity index (χ2n) is 3.80. The van der Waals surface area contributed by atoms with Crippen LogP contribution in [0.4, 0.5) is 5.69 Å². The van der Waals surface area contributed by atoms with E-state index in [0.717, 1.165) is 22.5 Å². The van der Waals surface area contributed by atoms with E-state index >= 15 is 0 Å². The van der Waals surface area contributed by atoms with Crippen LogP contribution in [0.15, 0.2) is 52.2 Å². The van der Waals surface area contributed by atoms with E-state index in [9.17, 15) is 0 Å². The van der Waals surface area contributed by atoms with Crippen molar-refractivity contribution in [2.45, 2.75) is 0 Å². The van der Waals surface area contributed by atoms with Gasteiger partial charge in [-0.1, -0.05) is 18.2 Å². The fraction of sp³-hybridized carbons (Fsp3) is 0.0769. The number of hydrogen-bond donors (Lipinski definition) is 0. The maximum atomic E-state index is 4.39. The van der Waals surface area contributed by atoms with E-state index in [1.54, 1.807) is 6.34 Å². The average Bonchev–Trinajstić information content (AvgIpc) is 2.74. The monoisotopic (exact) mass is 209 g/mol. The van der Waals surface area contributed by atoms with Crippen molar-refractivity contribution in [2.75, 3.05) is 7.05 Å². The van der Waals surface area contributed by atoms with Crippen molar-refractivity contribution in [2.24, 2.45) is 9.98 Å². The minimum Gasteiger partial charge on any atom is -0.342 e. The van der Waals surface area contributed by atoms with Crippen LogP contribution in [0.3, 0.4) is 0 Å². The van der Waals surface area contributed by atoms with Crippen molar-refractivity contribution in [1.82, 2.24) is 4.90 Å². The van der Waals surface area contributed by atoms with Crippen molar-refractivity contribution in [3.05, 3.63) is 47.8 Å². The maximum Gasteiger partial charge on any atom is 0.0949 e.